The lowest BCUT2D eigenvalue weighted by atomic mass is 10.1. The van der Waals surface area contributed by atoms with Crippen LogP contribution in [0.25, 0.3) is 0 Å². The third-order valence-electron chi connectivity index (χ3n) is 3.67. The summed E-state index contributed by atoms with van der Waals surface area (Å²) in [6.45, 7) is 11.6. The van der Waals surface area contributed by atoms with Crippen molar-refractivity contribution in [3.05, 3.63) is 35.9 Å². The molecule has 0 aliphatic rings. The number of nitrogens with one attached hydrogen (secondary N) is 2. The van der Waals surface area contributed by atoms with Crippen LogP contribution in [0.5, 0.6) is 0 Å². The van der Waals surface area contributed by atoms with Crippen molar-refractivity contribution in [1.29, 1.82) is 0 Å². The van der Waals surface area contributed by atoms with Gasteiger partial charge >= 0.3 is 0 Å². The van der Waals surface area contributed by atoms with Gasteiger partial charge in [0, 0.05) is 33.9 Å². The van der Waals surface area contributed by atoms with E-state index in [1.807, 2.05) is 26.8 Å². The molecule has 0 saturated heterocycles. The maximum atomic E-state index is 12.1. The molecule has 2 unspecified atom stereocenters. The van der Waals surface area contributed by atoms with Crippen molar-refractivity contribution in [3.63, 3.8) is 0 Å². The summed E-state index contributed by atoms with van der Waals surface area (Å²) in [5.74, 6) is 1.40. The third-order valence-corrected chi connectivity index (χ3v) is 5.59. The van der Waals surface area contributed by atoms with Gasteiger partial charge in [-0.3, -0.25) is 9.20 Å². The highest BCUT2D eigenvalue weighted by Crippen LogP contribution is 2.10. The summed E-state index contributed by atoms with van der Waals surface area (Å²) >= 11 is 0. The predicted octanol–water partition coefficient (Wildman–Crippen LogP) is 3.73. The van der Waals surface area contributed by atoms with Gasteiger partial charge in [-0.25, -0.2) is 0 Å². The molecule has 25 heavy (non-hydrogen) atoms. The Hall–Kier alpha value is -0.630. The van der Waals surface area contributed by atoms with Crippen LogP contribution in [-0.2, 0) is 17.2 Å². The zero-order chi connectivity index (χ0) is 18.0. The second-order valence-electron chi connectivity index (χ2n) is 6.99. The molecule has 0 amide bonds. The highest BCUT2D eigenvalue weighted by atomic mass is 127. The molecule has 0 bridgehead atoms. The second-order valence-corrected chi connectivity index (χ2v) is 9.32. The zero-order valence-electron chi connectivity index (χ0n) is 16.2. The first-order valence-electron chi connectivity index (χ1n) is 8.80. The smallest absolute Gasteiger partial charge is 0.191 e. The first-order chi connectivity index (χ1) is 11.3. The van der Waals surface area contributed by atoms with Crippen molar-refractivity contribution in [2.45, 2.75) is 58.2 Å². The minimum Gasteiger partial charge on any atom is -0.357 e. The van der Waals surface area contributed by atoms with Crippen LogP contribution < -0.4 is 10.6 Å². The lowest BCUT2D eigenvalue weighted by molar-refractivity contribution is 0.594. The van der Waals surface area contributed by atoms with Gasteiger partial charge < -0.3 is 10.6 Å². The van der Waals surface area contributed by atoms with Gasteiger partial charge in [0.25, 0.3) is 0 Å². The highest BCUT2D eigenvalue weighted by Gasteiger charge is 2.18. The molecule has 0 fully saturated rings. The first kappa shape index (κ1) is 24.4. The van der Waals surface area contributed by atoms with Gasteiger partial charge in [0.1, 0.15) is 0 Å². The SMILES string of the molecule is CCNC(=NCCS(=O)C(C)(C)C)NC(C)CCc1ccccc1.I. The van der Waals surface area contributed by atoms with Crippen LogP contribution in [0.15, 0.2) is 35.3 Å². The number of halogens is 1. The lowest BCUT2D eigenvalue weighted by Crippen LogP contribution is -2.42. The fourth-order valence-corrected chi connectivity index (χ4v) is 3.07. The number of aryl methyl sites for hydroxylation is 1. The van der Waals surface area contributed by atoms with Gasteiger partial charge in [-0.2, -0.15) is 0 Å². The molecule has 0 radical (unpaired) electrons. The van der Waals surface area contributed by atoms with Crippen LogP contribution in [0.1, 0.15) is 46.6 Å². The van der Waals surface area contributed by atoms with Crippen LogP contribution >= 0.6 is 24.0 Å². The summed E-state index contributed by atoms with van der Waals surface area (Å²) in [6, 6.07) is 10.9. The number of hydrogen-bond acceptors (Lipinski definition) is 2. The average Bonchev–Trinajstić information content (AvgIpc) is 2.53. The van der Waals surface area contributed by atoms with E-state index in [-0.39, 0.29) is 28.7 Å². The maximum Gasteiger partial charge on any atom is 0.191 e. The molecule has 0 aliphatic heterocycles. The van der Waals surface area contributed by atoms with Crippen molar-refractivity contribution in [2.75, 3.05) is 18.8 Å². The monoisotopic (exact) mass is 479 g/mol. The summed E-state index contributed by atoms with van der Waals surface area (Å²) in [4.78, 5) is 4.56. The molecule has 144 valence electrons. The van der Waals surface area contributed by atoms with E-state index in [1.54, 1.807) is 0 Å². The molecule has 0 heterocycles. The predicted molar refractivity (Wildman–Crippen MR) is 122 cm³/mol. The van der Waals surface area contributed by atoms with E-state index in [0.29, 0.717) is 18.3 Å². The molecule has 2 N–H and O–H groups in total. The van der Waals surface area contributed by atoms with Crippen molar-refractivity contribution >= 4 is 40.7 Å². The molecule has 1 aromatic carbocycles. The minimum atomic E-state index is -0.861. The van der Waals surface area contributed by atoms with E-state index in [9.17, 15) is 4.21 Å². The number of guanidine groups is 1. The van der Waals surface area contributed by atoms with Crippen molar-refractivity contribution in [1.82, 2.24) is 10.6 Å². The number of nitrogens with zero attached hydrogens (tertiary/aromatic N) is 1. The van der Waals surface area contributed by atoms with Crippen LogP contribution in [0, 0.1) is 0 Å². The normalized spacial score (nSPS) is 14.4. The van der Waals surface area contributed by atoms with E-state index in [1.165, 1.54) is 5.56 Å². The Morgan fingerprint density at radius 3 is 2.44 bits per heavy atom. The first-order valence-corrected chi connectivity index (χ1v) is 10.1. The van der Waals surface area contributed by atoms with E-state index in [4.69, 9.17) is 0 Å². The Morgan fingerprint density at radius 1 is 1.24 bits per heavy atom. The van der Waals surface area contributed by atoms with Crippen LogP contribution in [0.2, 0.25) is 0 Å². The molecule has 1 aromatic rings. The Balaban J connectivity index is 0.00000576. The molecule has 1 rings (SSSR count). The molecular weight excluding hydrogens is 445 g/mol. The quantitative estimate of drug-likeness (QED) is 0.340. The Bertz CT molecular complexity index is 529. The number of rotatable bonds is 8. The fraction of sp³-hybridized carbons (Fsp3) is 0.632. The molecule has 0 spiro atoms. The van der Waals surface area contributed by atoms with Crippen molar-refractivity contribution in [2.24, 2.45) is 4.99 Å². The van der Waals surface area contributed by atoms with Crippen molar-refractivity contribution in [3.8, 4) is 0 Å². The molecule has 0 saturated carbocycles. The minimum absolute atomic E-state index is 0. The standard InChI is InChI=1S/C19H33N3OS.HI/c1-6-20-18(21-14-15-24(23)19(3,4)5)22-16(2)12-13-17-10-8-7-9-11-17;/h7-11,16H,6,12-15H2,1-5H3,(H2,20,21,22);1H. The molecule has 2 atom stereocenters. The summed E-state index contributed by atoms with van der Waals surface area (Å²) in [5, 5.41) is 6.70. The topological polar surface area (TPSA) is 53.5 Å². The number of hydrogen-bond donors (Lipinski definition) is 2. The van der Waals surface area contributed by atoms with Gasteiger partial charge in [-0.15, -0.1) is 24.0 Å². The van der Waals surface area contributed by atoms with Crippen molar-refractivity contribution < 1.29 is 4.21 Å². The number of benzene rings is 1. The molecule has 6 heteroatoms. The van der Waals surface area contributed by atoms with Gasteiger partial charge in [0.05, 0.1) is 6.54 Å². The number of aliphatic imine (C=N–C) groups is 1. The zero-order valence-corrected chi connectivity index (χ0v) is 19.3. The summed E-state index contributed by atoms with van der Waals surface area (Å²) in [6.07, 6.45) is 2.09. The molecule has 0 aliphatic carbocycles. The third kappa shape index (κ3) is 10.8. The van der Waals surface area contributed by atoms with E-state index < -0.39 is 10.8 Å². The Kier molecular flexibility index (Phi) is 12.4. The van der Waals surface area contributed by atoms with E-state index in [0.717, 1.165) is 25.3 Å². The van der Waals surface area contributed by atoms with Crippen LogP contribution in [0.4, 0.5) is 0 Å². The van der Waals surface area contributed by atoms with E-state index in [2.05, 4.69) is 53.7 Å². The van der Waals surface area contributed by atoms with Gasteiger partial charge in [-0.1, -0.05) is 30.3 Å². The fourth-order valence-electron chi connectivity index (χ4n) is 2.20. The Labute approximate surface area is 173 Å². The van der Waals surface area contributed by atoms with Gasteiger partial charge in [0.2, 0.25) is 0 Å². The summed E-state index contributed by atoms with van der Waals surface area (Å²) < 4.78 is 11.9. The van der Waals surface area contributed by atoms with Crippen LogP contribution in [0.3, 0.4) is 0 Å². The van der Waals surface area contributed by atoms with Gasteiger partial charge in [0.15, 0.2) is 5.96 Å². The summed E-state index contributed by atoms with van der Waals surface area (Å²) in [7, 11) is -0.861. The maximum absolute atomic E-state index is 12.1. The average molecular weight is 479 g/mol. The molecule has 4 nitrogen and oxygen atoms in total. The van der Waals surface area contributed by atoms with Crippen LogP contribution in [-0.4, -0.2) is 39.8 Å². The lowest BCUT2D eigenvalue weighted by Gasteiger charge is -2.19. The van der Waals surface area contributed by atoms with E-state index >= 15 is 0 Å². The molecule has 0 aromatic heterocycles. The highest BCUT2D eigenvalue weighted by molar-refractivity contribution is 14.0. The van der Waals surface area contributed by atoms with Gasteiger partial charge in [-0.05, 0) is 53.0 Å². The second kappa shape index (κ2) is 12.7. The molecular formula is C19H34IN3OS. The Morgan fingerprint density at radius 2 is 1.88 bits per heavy atom. The largest absolute Gasteiger partial charge is 0.357 e. The summed E-state index contributed by atoms with van der Waals surface area (Å²) in [5.41, 5.74) is 1.36.